The highest BCUT2D eigenvalue weighted by atomic mass is 32.2. The summed E-state index contributed by atoms with van der Waals surface area (Å²) in [6.07, 6.45) is 1.34. The van der Waals surface area contributed by atoms with Gasteiger partial charge in [-0.1, -0.05) is 12.1 Å². The molecule has 6 nitrogen and oxygen atoms in total. The number of hydrazone groups is 1. The fraction of sp³-hybridized carbons (Fsp3) is 0.188. The number of phenols is 1. The van der Waals surface area contributed by atoms with Crippen LogP contribution in [-0.4, -0.2) is 26.8 Å². The van der Waals surface area contributed by atoms with Crippen LogP contribution in [0.3, 0.4) is 0 Å². The van der Waals surface area contributed by atoms with Gasteiger partial charge in [0.25, 0.3) is 10.0 Å². The monoisotopic (exact) mass is 334 g/mol. The molecule has 122 valence electrons. The van der Waals surface area contributed by atoms with Crippen molar-refractivity contribution in [3.63, 3.8) is 0 Å². The van der Waals surface area contributed by atoms with E-state index in [4.69, 9.17) is 4.74 Å². The van der Waals surface area contributed by atoms with Crippen LogP contribution in [-0.2, 0) is 10.0 Å². The third kappa shape index (κ3) is 4.01. The number of nitrogens with one attached hydrogen (secondary N) is 1. The first-order chi connectivity index (χ1) is 10.8. The summed E-state index contributed by atoms with van der Waals surface area (Å²) in [7, 11) is -2.31. The minimum absolute atomic E-state index is 0.000571. The van der Waals surface area contributed by atoms with Crippen molar-refractivity contribution in [1.29, 1.82) is 0 Å². The zero-order chi connectivity index (χ0) is 17.0. The lowest BCUT2D eigenvalue weighted by Gasteiger charge is -2.08. The van der Waals surface area contributed by atoms with E-state index < -0.39 is 10.0 Å². The first-order valence-corrected chi connectivity index (χ1v) is 8.31. The number of ether oxygens (including phenoxy) is 1. The molecule has 2 N–H and O–H groups in total. The molecule has 0 fully saturated rings. The van der Waals surface area contributed by atoms with Crippen LogP contribution < -0.4 is 9.57 Å². The van der Waals surface area contributed by atoms with Gasteiger partial charge >= 0.3 is 0 Å². The topological polar surface area (TPSA) is 88.0 Å². The Hall–Kier alpha value is -2.54. The lowest BCUT2D eigenvalue weighted by molar-refractivity contribution is 0.373. The van der Waals surface area contributed by atoms with Crippen molar-refractivity contribution in [2.24, 2.45) is 5.10 Å². The maximum absolute atomic E-state index is 12.3. The van der Waals surface area contributed by atoms with Crippen molar-refractivity contribution in [2.45, 2.75) is 18.7 Å². The highest BCUT2D eigenvalue weighted by molar-refractivity contribution is 7.89. The summed E-state index contributed by atoms with van der Waals surface area (Å²) in [5, 5.41) is 13.3. The predicted molar refractivity (Wildman–Crippen MR) is 88.5 cm³/mol. The molecule has 0 amide bonds. The Morgan fingerprint density at radius 1 is 1.17 bits per heavy atom. The Balaban J connectivity index is 2.20. The molecule has 0 heterocycles. The lowest BCUT2D eigenvalue weighted by Crippen LogP contribution is -2.19. The number of phenolic OH excluding ortho intramolecular Hbond substituents is 1. The fourth-order valence-corrected chi connectivity index (χ4v) is 3.11. The van der Waals surface area contributed by atoms with Gasteiger partial charge in [0, 0.05) is 0 Å². The summed E-state index contributed by atoms with van der Waals surface area (Å²) in [6.45, 7) is 3.55. The van der Waals surface area contributed by atoms with Gasteiger partial charge in [-0.15, -0.1) is 0 Å². The largest absolute Gasteiger partial charge is 0.504 e. The zero-order valence-corrected chi connectivity index (χ0v) is 13.9. The number of sulfonamides is 1. The Morgan fingerprint density at radius 2 is 1.91 bits per heavy atom. The summed E-state index contributed by atoms with van der Waals surface area (Å²) in [4.78, 5) is 2.37. The van der Waals surface area contributed by atoms with Gasteiger partial charge in [-0.3, -0.25) is 0 Å². The van der Waals surface area contributed by atoms with Gasteiger partial charge in [0.2, 0.25) is 0 Å². The van der Waals surface area contributed by atoms with Gasteiger partial charge in [0.15, 0.2) is 11.5 Å². The molecule has 0 aliphatic carbocycles. The van der Waals surface area contributed by atoms with Gasteiger partial charge < -0.3 is 9.84 Å². The molecule has 0 saturated heterocycles. The third-order valence-electron chi connectivity index (χ3n) is 3.22. The quantitative estimate of drug-likeness (QED) is 0.649. The van der Waals surface area contributed by atoms with Crippen LogP contribution in [0.15, 0.2) is 46.4 Å². The SMILES string of the molecule is COc1cc(C=NNS(=O)(=O)c2cc(C)ccc2C)ccc1O. The smallest absolute Gasteiger partial charge is 0.276 e. The second kappa shape index (κ2) is 6.70. The lowest BCUT2D eigenvalue weighted by atomic mass is 10.2. The molecule has 0 saturated carbocycles. The fourth-order valence-electron chi connectivity index (χ4n) is 1.99. The van der Waals surface area contributed by atoms with Crippen LogP contribution in [0.5, 0.6) is 11.5 Å². The second-order valence-electron chi connectivity index (χ2n) is 5.05. The number of nitrogens with zero attached hydrogens (tertiary/aromatic N) is 1. The molecule has 0 radical (unpaired) electrons. The van der Waals surface area contributed by atoms with Gasteiger partial charge in [0.05, 0.1) is 18.2 Å². The number of benzene rings is 2. The van der Waals surface area contributed by atoms with Gasteiger partial charge in [-0.25, -0.2) is 4.83 Å². The summed E-state index contributed by atoms with van der Waals surface area (Å²) >= 11 is 0. The highest BCUT2D eigenvalue weighted by Gasteiger charge is 2.15. The van der Waals surface area contributed by atoms with Gasteiger partial charge in [-0.05, 0) is 54.8 Å². The molecule has 0 aliphatic rings. The van der Waals surface area contributed by atoms with E-state index in [0.29, 0.717) is 11.1 Å². The molecular formula is C16H18N2O4S. The standard InChI is InChI=1S/C16H18N2O4S/c1-11-4-5-12(2)16(8-11)23(20,21)18-17-10-13-6-7-14(19)15(9-13)22-3/h4-10,18-19H,1-3H3. The van der Waals surface area contributed by atoms with Crippen LogP contribution in [0.1, 0.15) is 16.7 Å². The molecule has 0 aliphatic heterocycles. The summed E-state index contributed by atoms with van der Waals surface area (Å²) in [5.74, 6) is 0.284. The first kappa shape index (κ1) is 16.8. The van der Waals surface area contributed by atoms with E-state index in [9.17, 15) is 13.5 Å². The molecule has 0 aromatic heterocycles. The molecule has 0 spiro atoms. The van der Waals surface area contributed by atoms with Crippen molar-refractivity contribution in [3.05, 3.63) is 53.1 Å². The Bertz CT molecular complexity index is 845. The number of aryl methyl sites for hydroxylation is 2. The van der Waals surface area contributed by atoms with Crippen LogP contribution in [0.2, 0.25) is 0 Å². The average molecular weight is 334 g/mol. The van der Waals surface area contributed by atoms with Crippen LogP contribution >= 0.6 is 0 Å². The Morgan fingerprint density at radius 3 is 2.61 bits per heavy atom. The maximum Gasteiger partial charge on any atom is 0.276 e. The average Bonchev–Trinajstić information content (AvgIpc) is 2.51. The molecule has 0 bridgehead atoms. The van der Waals surface area contributed by atoms with Crippen LogP contribution in [0.25, 0.3) is 0 Å². The van der Waals surface area contributed by atoms with E-state index in [1.54, 1.807) is 31.2 Å². The van der Waals surface area contributed by atoms with Crippen molar-refractivity contribution in [1.82, 2.24) is 4.83 Å². The normalized spacial score (nSPS) is 11.6. The predicted octanol–water partition coefficient (Wildman–Crippen LogP) is 2.33. The molecule has 2 aromatic rings. The molecule has 2 rings (SSSR count). The number of aromatic hydroxyl groups is 1. The summed E-state index contributed by atoms with van der Waals surface area (Å²) < 4.78 is 29.5. The first-order valence-electron chi connectivity index (χ1n) is 6.82. The molecule has 23 heavy (non-hydrogen) atoms. The minimum Gasteiger partial charge on any atom is -0.504 e. The van der Waals surface area contributed by atoms with E-state index in [-0.39, 0.29) is 16.4 Å². The maximum atomic E-state index is 12.3. The van der Waals surface area contributed by atoms with Crippen molar-refractivity contribution >= 4 is 16.2 Å². The summed E-state index contributed by atoms with van der Waals surface area (Å²) in [6, 6.07) is 9.77. The number of methoxy groups -OCH3 is 1. The van der Waals surface area contributed by atoms with Gasteiger partial charge in [0.1, 0.15) is 0 Å². The van der Waals surface area contributed by atoms with E-state index in [1.807, 2.05) is 13.0 Å². The van der Waals surface area contributed by atoms with E-state index in [2.05, 4.69) is 9.93 Å². The highest BCUT2D eigenvalue weighted by Crippen LogP contribution is 2.25. The molecule has 7 heteroatoms. The molecular weight excluding hydrogens is 316 g/mol. The van der Waals surface area contributed by atoms with E-state index in [1.165, 1.54) is 19.4 Å². The number of hydrogen-bond donors (Lipinski definition) is 2. The minimum atomic E-state index is -3.74. The molecule has 0 unspecified atom stereocenters. The van der Waals surface area contributed by atoms with Crippen molar-refractivity contribution in [3.8, 4) is 11.5 Å². The zero-order valence-electron chi connectivity index (χ0n) is 13.1. The van der Waals surface area contributed by atoms with Crippen molar-refractivity contribution in [2.75, 3.05) is 7.11 Å². The number of rotatable bonds is 5. The third-order valence-corrected chi connectivity index (χ3v) is 4.59. The Kier molecular flexibility index (Phi) is 4.90. The number of hydrogen-bond acceptors (Lipinski definition) is 5. The molecule has 2 aromatic carbocycles. The van der Waals surface area contributed by atoms with Crippen molar-refractivity contribution < 1.29 is 18.3 Å². The second-order valence-corrected chi connectivity index (χ2v) is 6.68. The van der Waals surface area contributed by atoms with Crippen LogP contribution in [0.4, 0.5) is 0 Å². The van der Waals surface area contributed by atoms with Gasteiger partial charge in [-0.2, -0.15) is 13.5 Å². The molecule has 0 atom stereocenters. The van der Waals surface area contributed by atoms with E-state index in [0.717, 1.165) is 5.56 Å². The van der Waals surface area contributed by atoms with Crippen LogP contribution in [0, 0.1) is 13.8 Å². The Labute approximate surface area is 135 Å². The van der Waals surface area contributed by atoms with E-state index >= 15 is 0 Å². The summed E-state index contributed by atoms with van der Waals surface area (Å²) in [5.41, 5.74) is 2.08.